The van der Waals surface area contributed by atoms with E-state index < -0.39 is 9.84 Å². The van der Waals surface area contributed by atoms with Gasteiger partial charge in [-0.1, -0.05) is 18.9 Å². The first kappa shape index (κ1) is 25.0. The Kier molecular flexibility index (Phi) is 11.9. The molecule has 1 aliphatic rings. The highest BCUT2D eigenvalue weighted by atomic mass is 35.5. The minimum absolute atomic E-state index is 0. The third-order valence-corrected chi connectivity index (χ3v) is 5.81. The van der Waals surface area contributed by atoms with Crippen LogP contribution in [0.25, 0.3) is 0 Å². The predicted molar refractivity (Wildman–Crippen MR) is 113 cm³/mol. The summed E-state index contributed by atoms with van der Waals surface area (Å²) in [7, 11) is -2.89. The first-order valence-corrected chi connectivity index (χ1v) is 10.4. The second kappa shape index (κ2) is 12.4. The van der Waals surface area contributed by atoms with E-state index in [1.54, 1.807) is 0 Å². The van der Waals surface area contributed by atoms with Crippen molar-refractivity contribution < 1.29 is 13.2 Å². The van der Waals surface area contributed by atoms with Crippen molar-refractivity contribution in [3.63, 3.8) is 0 Å². The first-order chi connectivity index (χ1) is 11.5. The molecule has 0 radical (unpaired) electrons. The van der Waals surface area contributed by atoms with Crippen molar-refractivity contribution in [2.75, 3.05) is 41.4 Å². The number of sulfone groups is 1. The highest BCUT2D eigenvalue weighted by Crippen LogP contribution is 2.21. The number of nitrogens with two attached hydrogens (primary N) is 1. The first-order valence-electron chi connectivity index (χ1n) is 8.55. The third-order valence-electron chi connectivity index (χ3n) is 4.20. The van der Waals surface area contributed by atoms with Gasteiger partial charge >= 0.3 is 0 Å². The van der Waals surface area contributed by atoms with E-state index in [4.69, 9.17) is 5.73 Å². The van der Waals surface area contributed by atoms with Gasteiger partial charge in [-0.15, -0.1) is 24.8 Å². The van der Waals surface area contributed by atoms with E-state index in [0.29, 0.717) is 26.1 Å². The highest BCUT2D eigenvalue weighted by Gasteiger charge is 2.21. The molecule has 2 rings (SSSR count). The van der Waals surface area contributed by atoms with Crippen LogP contribution in [0.5, 0.6) is 0 Å². The molecule has 1 aromatic rings. The quantitative estimate of drug-likeness (QED) is 0.624. The fourth-order valence-corrected chi connectivity index (χ4v) is 3.96. The average molecular weight is 426 g/mol. The Morgan fingerprint density at radius 3 is 2.38 bits per heavy atom. The topological polar surface area (TPSA) is 92.5 Å². The van der Waals surface area contributed by atoms with E-state index in [-0.39, 0.29) is 42.2 Å². The maximum atomic E-state index is 12.0. The van der Waals surface area contributed by atoms with Crippen molar-refractivity contribution >= 4 is 51.9 Å². The zero-order chi connectivity index (χ0) is 17.4. The fraction of sp³-hybridized carbons (Fsp3) is 0.588. The number of benzene rings is 1. The number of amides is 1. The van der Waals surface area contributed by atoms with Gasteiger partial charge in [-0.25, -0.2) is 8.42 Å². The van der Waals surface area contributed by atoms with Crippen LogP contribution in [0.3, 0.4) is 0 Å². The molecule has 1 aromatic carbocycles. The number of nitrogens with one attached hydrogen (secondary N) is 1. The van der Waals surface area contributed by atoms with Crippen molar-refractivity contribution in [1.29, 1.82) is 0 Å². The Morgan fingerprint density at radius 2 is 1.73 bits per heavy atom. The van der Waals surface area contributed by atoms with Crippen LogP contribution in [0.1, 0.15) is 32.1 Å². The lowest BCUT2D eigenvalue weighted by molar-refractivity contribution is -0.116. The van der Waals surface area contributed by atoms with Crippen LogP contribution in [0.4, 0.5) is 11.4 Å². The molecule has 1 heterocycles. The smallest absolute Gasteiger partial charge is 0.224 e. The van der Waals surface area contributed by atoms with Crippen LogP contribution >= 0.6 is 24.8 Å². The molecule has 0 aliphatic carbocycles. The number of hydrogen-bond acceptors (Lipinski definition) is 5. The van der Waals surface area contributed by atoms with Crippen molar-refractivity contribution in [3.05, 3.63) is 24.3 Å². The van der Waals surface area contributed by atoms with Gasteiger partial charge in [0.05, 0.1) is 11.5 Å². The summed E-state index contributed by atoms with van der Waals surface area (Å²) < 4.78 is 23.0. The van der Waals surface area contributed by atoms with Crippen molar-refractivity contribution in [3.8, 4) is 0 Å². The Labute approximate surface area is 168 Å². The van der Waals surface area contributed by atoms with Crippen LogP contribution in [0, 0.1) is 0 Å². The lowest BCUT2D eigenvalue weighted by Gasteiger charge is -2.29. The summed E-state index contributed by atoms with van der Waals surface area (Å²) >= 11 is 0. The molecular weight excluding hydrogens is 397 g/mol. The summed E-state index contributed by atoms with van der Waals surface area (Å²) in [5.41, 5.74) is 7.15. The van der Waals surface area contributed by atoms with Gasteiger partial charge in [0.2, 0.25) is 5.91 Å². The third kappa shape index (κ3) is 8.58. The summed E-state index contributed by atoms with van der Waals surface area (Å²) in [4.78, 5) is 14.0. The molecule has 0 saturated carbocycles. The zero-order valence-electron chi connectivity index (χ0n) is 14.9. The number of anilines is 2. The van der Waals surface area contributed by atoms with Crippen LogP contribution in [0.15, 0.2) is 24.3 Å². The summed E-state index contributed by atoms with van der Waals surface area (Å²) in [6, 6.07) is 7.59. The molecule has 9 heteroatoms. The van der Waals surface area contributed by atoms with Crippen molar-refractivity contribution in [1.82, 2.24) is 0 Å². The Bertz CT molecular complexity index is 642. The molecule has 6 nitrogen and oxygen atoms in total. The van der Waals surface area contributed by atoms with Gasteiger partial charge in [0, 0.05) is 30.9 Å². The highest BCUT2D eigenvalue weighted by molar-refractivity contribution is 7.91. The molecule has 0 atom stereocenters. The van der Waals surface area contributed by atoms with E-state index in [9.17, 15) is 13.2 Å². The van der Waals surface area contributed by atoms with E-state index >= 15 is 0 Å². The fourth-order valence-electron chi connectivity index (χ4n) is 2.76. The molecule has 26 heavy (non-hydrogen) atoms. The second-order valence-electron chi connectivity index (χ2n) is 6.19. The van der Waals surface area contributed by atoms with Crippen molar-refractivity contribution in [2.45, 2.75) is 32.1 Å². The summed E-state index contributed by atoms with van der Waals surface area (Å²) in [6.45, 7) is 1.71. The van der Waals surface area contributed by atoms with E-state index in [0.717, 1.165) is 37.1 Å². The average Bonchev–Trinajstić information content (AvgIpc) is 2.55. The standard InChI is InChI=1S/C17H27N3O3S.2ClH/c18-9-4-2-1-3-8-17(21)19-15-6-5-7-16(14-15)20-10-12-24(22,23)13-11-20;;/h5-7,14H,1-4,8-13,18H2,(H,19,21);2*1H. The molecule has 0 spiro atoms. The summed E-state index contributed by atoms with van der Waals surface area (Å²) in [5, 5.41) is 2.92. The molecular formula is C17H29Cl2N3O3S. The summed E-state index contributed by atoms with van der Waals surface area (Å²) in [5.74, 6) is 0.389. The number of nitrogens with zero attached hydrogens (tertiary/aromatic N) is 1. The van der Waals surface area contributed by atoms with Crippen LogP contribution < -0.4 is 16.0 Å². The normalized spacial score (nSPS) is 15.5. The van der Waals surface area contributed by atoms with E-state index in [1.807, 2.05) is 29.2 Å². The molecule has 1 saturated heterocycles. The second-order valence-corrected chi connectivity index (χ2v) is 8.49. The monoisotopic (exact) mass is 425 g/mol. The van der Waals surface area contributed by atoms with Gasteiger partial charge in [-0.2, -0.15) is 0 Å². The molecule has 150 valence electrons. The number of hydrogen-bond donors (Lipinski definition) is 2. The lowest BCUT2D eigenvalue weighted by Crippen LogP contribution is -2.40. The van der Waals surface area contributed by atoms with Gasteiger partial charge in [0.25, 0.3) is 0 Å². The largest absolute Gasteiger partial charge is 0.369 e. The molecule has 1 aliphatic heterocycles. The van der Waals surface area contributed by atoms with Crippen LogP contribution in [-0.4, -0.2) is 45.5 Å². The van der Waals surface area contributed by atoms with Gasteiger partial charge in [-0.05, 0) is 37.6 Å². The molecule has 0 aromatic heterocycles. The molecule has 1 fully saturated rings. The van der Waals surface area contributed by atoms with Gasteiger partial charge in [-0.3, -0.25) is 4.79 Å². The predicted octanol–water partition coefficient (Wildman–Crippen LogP) is 2.61. The Balaban J connectivity index is 0.00000312. The van der Waals surface area contributed by atoms with E-state index in [1.165, 1.54) is 0 Å². The Hall–Kier alpha value is -1.02. The maximum Gasteiger partial charge on any atom is 0.224 e. The van der Waals surface area contributed by atoms with Crippen LogP contribution in [-0.2, 0) is 14.6 Å². The number of halogens is 2. The van der Waals surface area contributed by atoms with Gasteiger partial charge < -0.3 is 16.0 Å². The molecule has 0 bridgehead atoms. The Morgan fingerprint density at radius 1 is 1.08 bits per heavy atom. The van der Waals surface area contributed by atoms with Crippen molar-refractivity contribution in [2.24, 2.45) is 5.73 Å². The summed E-state index contributed by atoms with van der Waals surface area (Å²) in [6.07, 6.45) is 4.48. The minimum atomic E-state index is -2.89. The molecule has 1 amide bonds. The van der Waals surface area contributed by atoms with Gasteiger partial charge in [0.15, 0.2) is 9.84 Å². The SMILES string of the molecule is Cl.Cl.NCCCCCCC(=O)Nc1cccc(N2CCS(=O)(=O)CC2)c1. The lowest BCUT2D eigenvalue weighted by atomic mass is 10.1. The molecule has 0 unspecified atom stereocenters. The van der Waals surface area contributed by atoms with E-state index in [2.05, 4.69) is 5.32 Å². The number of carbonyl (C=O) groups is 1. The minimum Gasteiger partial charge on any atom is -0.369 e. The maximum absolute atomic E-state index is 12.0. The van der Waals surface area contributed by atoms with Crippen LogP contribution in [0.2, 0.25) is 0 Å². The number of unbranched alkanes of at least 4 members (excludes halogenated alkanes) is 3. The molecule has 3 N–H and O–H groups in total. The zero-order valence-corrected chi connectivity index (χ0v) is 17.3. The number of rotatable bonds is 8. The van der Waals surface area contributed by atoms with Gasteiger partial charge in [0.1, 0.15) is 0 Å². The number of carbonyl (C=O) groups excluding carboxylic acids is 1.